The Kier molecular flexibility index (Phi) is 9.44. The number of halogens is 2. The van der Waals surface area contributed by atoms with Gasteiger partial charge in [0, 0.05) is 18.0 Å². The zero-order chi connectivity index (χ0) is 17.4. The lowest BCUT2D eigenvalue weighted by Crippen LogP contribution is -2.23. The van der Waals surface area contributed by atoms with E-state index in [4.69, 9.17) is 26.8 Å². The van der Waals surface area contributed by atoms with Crippen molar-refractivity contribution in [2.75, 3.05) is 25.6 Å². The number of aryl methyl sites for hydroxylation is 1. The van der Waals surface area contributed by atoms with Gasteiger partial charge in [0.2, 0.25) is 0 Å². The SMILES string of the molecule is COc1ccccc1NC(N)=NCCCOc1ccc(Cl)cc1C.I. The summed E-state index contributed by atoms with van der Waals surface area (Å²) in [5.74, 6) is 1.91. The van der Waals surface area contributed by atoms with Gasteiger partial charge >= 0.3 is 0 Å². The van der Waals surface area contributed by atoms with Gasteiger partial charge in [0.05, 0.1) is 19.4 Å². The van der Waals surface area contributed by atoms with Gasteiger partial charge in [-0.25, -0.2) is 0 Å². The maximum Gasteiger partial charge on any atom is 0.193 e. The van der Waals surface area contributed by atoms with Gasteiger partial charge in [-0.2, -0.15) is 0 Å². The molecule has 0 aromatic heterocycles. The molecule has 0 saturated carbocycles. The van der Waals surface area contributed by atoms with Gasteiger partial charge in [-0.05, 0) is 42.8 Å². The molecule has 0 heterocycles. The number of nitrogens with zero attached hydrogens (tertiary/aromatic N) is 1. The van der Waals surface area contributed by atoms with Crippen LogP contribution in [-0.2, 0) is 0 Å². The van der Waals surface area contributed by atoms with Crippen LogP contribution < -0.4 is 20.5 Å². The van der Waals surface area contributed by atoms with Crippen LogP contribution in [0.3, 0.4) is 0 Å². The van der Waals surface area contributed by atoms with Crippen LogP contribution in [0.1, 0.15) is 12.0 Å². The van der Waals surface area contributed by atoms with E-state index < -0.39 is 0 Å². The number of aliphatic imine (C=N–C) groups is 1. The number of guanidine groups is 1. The van der Waals surface area contributed by atoms with E-state index in [1.807, 2.05) is 49.4 Å². The van der Waals surface area contributed by atoms with Crippen molar-refractivity contribution in [1.82, 2.24) is 0 Å². The van der Waals surface area contributed by atoms with Gasteiger partial charge in [0.1, 0.15) is 11.5 Å². The molecule has 7 heteroatoms. The molecule has 136 valence electrons. The van der Waals surface area contributed by atoms with Crippen LogP contribution >= 0.6 is 35.6 Å². The smallest absolute Gasteiger partial charge is 0.193 e. The molecule has 25 heavy (non-hydrogen) atoms. The molecule has 0 bridgehead atoms. The summed E-state index contributed by atoms with van der Waals surface area (Å²) in [7, 11) is 1.62. The van der Waals surface area contributed by atoms with Crippen molar-refractivity contribution in [2.45, 2.75) is 13.3 Å². The van der Waals surface area contributed by atoms with Gasteiger partial charge in [-0.1, -0.05) is 23.7 Å². The lowest BCUT2D eigenvalue weighted by Gasteiger charge is -2.10. The molecule has 5 nitrogen and oxygen atoms in total. The van der Waals surface area contributed by atoms with E-state index in [-0.39, 0.29) is 24.0 Å². The molecule has 0 fully saturated rings. The number of hydrogen-bond donors (Lipinski definition) is 2. The van der Waals surface area contributed by atoms with Crippen molar-refractivity contribution in [2.24, 2.45) is 10.7 Å². The summed E-state index contributed by atoms with van der Waals surface area (Å²) in [5, 5.41) is 3.74. The Labute approximate surface area is 170 Å². The number of nitrogens with two attached hydrogens (primary N) is 1. The first kappa shape index (κ1) is 21.4. The number of nitrogens with one attached hydrogen (secondary N) is 1. The molecule has 2 aromatic rings. The van der Waals surface area contributed by atoms with Crippen LogP contribution in [0.25, 0.3) is 0 Å². The van der Waals surface area contributed by atoms with E-state index in [1.54, 1.807) is 7.11 Å². The van der Waals surface area contributed by atoms with Crippen molar-refractivity contribution in [3.8, 4) is 11.5 Å². The second-order valence-corrected chi connectivity index (χ2v) is 5.64. The van der Waals surface area contributed by atoms with Crippen LogP contribution in [0.5, 0.6) is 11.5 Å². The second kappa shape index (κ2) is 11.0. The third kappa shape index (κ3) is 6.99. The van der Waals surface area contributed by atoms with Crippen molar-refractivity contribution < 1.29 is 9.47 Å². The highest BCUT2D eigenvalue weighted by Gasteiger charge is 2.02. The number of benzene rings is 2. The van der Waals surface area contributed by atoms with Crippen molar-refractivity contribution in [3.63, 3.8) is 0 Å². The van der Waals surface area contributed by atoms with Crippen molar-refractivity contribution in [1.29, 1.82) is 0 Å². The highest BCUT2D eigenvalue weighted by Crippen LogP contribution is 2.23. The standard InChI is InChI=1S/C18H22ClN3O2.HI/c1-13-12-14(19)8-9-16(13)24-11-5-10-21-18(20)22-15-6-3-4-7-17(15)23-2;/h3-4,6-9,12H,5,10-11H2,1-2H3,(H3,20,21,22);1H. The average Bonchev–Trinajstić information content (AvgIpc) is 2.57. The monoisotopic (exact) mass is 475 g/mol. The highest BCUT2D eigenvalue weighted by molar-refractivity contribution is 14.0. The fourth-order valence-electron chi connectivity index (χ4n) is 2.15. The number of hydrogen-bond acceptors (Lipinski definition) is 3. The maximum atomic E-state index is 5.92. The van der Waals surface area contributed by atoms with E-state index in [2.05, 4.69) is 10.3 Å². The van der Waals surface area contributed by atoms with E-state index in [1.165, 1.54) is 0 Å². The van der Waals surface area contributed by atoms with Gasteiger partial charge in [-0.3, -0.25) is 4.99 Å². The van der Waals surface area contributed by atoms with Crippen LogP contribution in [0.2, 0.25) is 5.02 Å². The Hall–Kier alpha value is -1.67. The molecule has 0 atom stereocenters. The highest BCUT2D eigenvalue weighted by atomic mass is 127. The summed E-state index contributed by atoms with van der Waals surface area (Å²) < 4.78 is 11.0. The van der Waals surface area contributed by atoms with Crippen molar-refractivity contribution in [3.05, 3.63) is 53.1 Å². The second-order valence-electron chi connectivity index (χ2n) is 5.20. The minimum Gasteiger partial charge on any atom is -0.495 e. The third-order valence-corrected chi connectivity index (χ3v) is 3.58. The first-order chi connectivity index (χ1) is 11.6. The minimum absolute atomic E-state index is 0. The largest absolute Gasteiger partial charge is 0.495 e. The van der Waals surface area contributed by atoms with E-state index >= 15 is 0 Å². The first-order valence-electron chi connectivity index (χ1n) is 7.69. The molecule has 0 radical (unpaired) electrons. The quantitative estimate of drug-likeness (QED) is 0.268. The number of rotatable bonds is 7. The number of anilines is 1. The zero-order valence-electron chi connectivity index (χ0n) is 14.3. The fourth-order valence-corrected chi connectivity index (χ4v) is 2.37. The van der Waals surface area contributed by atoms with Gasteiger partial charge in [0.25, 0.3) is 0 Å². The molecule has 3 N–H and O–H groups in total. The molecule has 0 aliphatic heterocycles. The lowest BCUT2D eigenvalue weighted by molar-refractivity contribution is 0.311. The summed E-state index contributed by atoms with van der Waals surface area (Å²) in [6.07, 6.45) is 0.760. The molecule has 2 aromatic carbocycles. The molecule has 0 aliphatic rings. The van der Waals surface area contributed by atoms with Gasteiger partial charge < -0.3 is 20.5 Å². The summed E-state index contributed by atoms with van der Waals surface area (Å²) in [6.45, 7) is 3.10. The van der Waals surface area contributed by atoms with Crippen LogP contribution in [0, 0.1) is 6.92 Å². The molecular weight excluding hydrogens is 453 g/mol. The average molecular weight is 476 g/mol. The molecule has 0 unspecified atom stereocenters. The topological polar surface area (TPSA) is 68.9 Å². The number of methoxy groups -OCH3 is 1. The summed E-state index contributed by atoms with van der Waals surface area (Å²) >= 11 is 5.92. The van der Waals surface area contributed by atoms with Gasteiger partial charge in [-0.15, -0.1) is 24.0 Å². The Balaban J connectivity index is 0.00000312. The van der Waals surface area contributed by atoms with Crippen LogP contribution in [0.15, 0.2) is 47.5 Å². The normalized spacial score (nSPS) is 10.8. The molecule has 0 spiro atoms. The Bertz CT molecular complexity index is 710. The first-order valence-corrected chi connectivity index (χ1v) is 8.07. The third-order valence-electron chi connectivity index (χ3n) is 3.35. The Morgan fingerprint density at radius 3 is 2.68 bits per heavy atom. The Morgan fingerprint density at radius 2 is 1.96 bits per heavy atom. The summed E-state index contributed by atoms with van der Waals surface area (Å²) in [6, 6.07) is 13.1. The van der Waals surface area contributed by atoms with E-state index in [9.17, 15) is 0 Å². The predicted octanol–water partition coefficient (Wildman–Crippen LogP) is 4.47. The fraction of sp³-hybridized carbons (Fsp3) is 0.278. The number of ether oxygens (including phenoxy) is 2. The van der Waals surface area contributed by atoms with Crippen LogP contribution in [0.4, 0.5) is 5.69 Å². The molecule has 2 rings (SSSR count). The minimum atomic E-state index is 0. The molecule has 0 saturated heterocycles. The summed E-state index contributed by atoms with van der Waals surface area (Å²) in [5.41, 5.74) is 7.69. The maximum absolute atomic E-state index is 5.92. The van der Waals surface area contributed by atoms with Crippen molar-refractivity contribution >= 4 is 47.2 Å². The van der Waals surface area contributed by atoms with E-state index in [0.29, 0.717) is 24.1 Å². The number of para-hydroxylation sites is 2. The predicted molar refractivity (Wildman–Crippen MR) is 115 cm³/mol. The molecular formula is C18H23ClIN3O2. The zero-order valence-corrected chi connectivity index (χ0v) is 17.4. The molecule has 0 amide bonds. The Morgan fingerprint density at radius 1 is 1.20 bits per heavy atom. The van der Waals surface area contributed by atoms with E-state index in [0.717, 1.165) is 29.2 Å². The molecule has 0 aliphatic carbocycles. The van der Waals surface area contributed by atoms with Crippen LogP contribution in [-0.4, -0.2) is 26.2 Å². The van der Waals surface area contributed by atoms with Gasteiger partial charge in [0.15, 0.2) is 5.96 Å². The lowest BCUT2D eigenvalue weighted by atomic mass is 10.2. The summed E-state index contributed by atoms with van der Waals surface area (Å²) in [4.78, 5) is 4.29.